The molecule has 0 saturated carbocycles. The van der Waals surface area contributed by atoms with Crippen LogP contribution in [0, 0.1) is 12.8 Å². The molecular weight excluding hydrogens is 446 g/mol. The molecule has 0 saturated heterocycles. The topological polar surface area (TPSA) is 64.0 Å². The van der Waals surface area contributed by atoms with Crippen molar-refractivity contribution in [3.63, 3.8) is 0 Å². The first-order chi connectivity index (χ1) is 12.8. The van der Waals surface area contributed by atoms with Gasteiger partial charge >= 0.3 is 0 Å². The molecule has 142 valence electrons. The number of amides is 1. The summed E-state index contributed by atoms with van der Waals surface area (Å²) in [6.45, 7) is 6.68. The van der Waals surface area contributed by atoms with Crippen LogP contribution in [-0.4, -0.2) is 21.2 Å². The number of hydrogen-bond donors (Lipinski definition) is 1. The Bertz CT molecular complexity index is 1040. The van der Waals surface area contributed by atoms with Gasteiger partial charge in [-0.05, 0) is 57.9 Å². The highest BCUT2D eigenvalue weighted by Gasteiger charge is 2.15. The van der Waals surface area contributed by atoms with E-state index in [1.807, 2.05) is 36.6 Å². The van der Waals surface area contributed by atoms with Crippen molar-refractivity contribution in [2.24, 2.45) is 5.92 Å². The standard InChI is InChI=1S/C19H20BrN3O2S2/c1-11(2)9-23-18(25)17-15(6-7-26-17)22-19(23)27-10-16(24)21-14-5-4-12(3)8-13(14)20/h4-8,11H,9-10H2,1-3H3,(H,21,24). The molecule has 3 aromatic rings. The first-order valence-corrected chi connectivity index (χ1v) is 11.2. The average molecular weight is 466 g/mol. The summed E-state index contributed by atoms with van der Waals surface area (Å²) in [5, 5.41) is 5.35. The van der Waals surface area contributed by atoms with E-state index in [1.165, 1.54) is 23.1 Å². The van der Waals surface area contributed by atoms with Crippen LogP contribution < -0.4 is 10.9 Å². The fourth-order valence-electron chi connectivity index (χ4n) is 2.60. The van der Waals surface area contributed by atoms with E-state index in [-0.39, 0.29) is 17.2 Å². The zero-order valence-electron chi connectivity index (χ0n) is 15.3. The van der Waals surface area contributed by atoms with E-state index in [4.69, 9.17) is 0 Å². The number of anilines is 1. The lowest BCUT2D eigenvalue weighted by molar-refractivity contribution is -0.113. The van der Waals surface area contributed by atoms with Crippen molar-refractivity contribution in [3.05, 3.63) is 50.0 Å². The molecule has 2 aromatic heterocycles. The Balaban J connectivity index is 1.79. The molecule has 1 amide bonds. The molecule has 0 fully saturated rings. The number of carbonyl (C=O) groups is 1. The minimum atomic E-state index is -0.139. The predicted octanol–water partition coefficient (Wildman–Crippen LogP) is 4.92. The number of hydrogen-bond acceptors (Lipinski definition) is 5. The Morgan fingerprint density at radius 2 is 2.15 bits per heavy atom. The Hall–Kier alpha value is -1.64. The molecule has 1 aromatic carbocycles. The van der Waals surface area contributed by atoms with Crippen LogP contribution in [0.2, 0.25) is 0 Å². The molecule has 0 unspecified atom stereocenters. The van der Waals surface area contributed by atoms with Crippen molar-refractivity contribution in [1.29, 1.82) is 0 Å². The second kappa shape index (κ2) is 8.58. The van der Waals surface area contributed by atoms with Crippen LogP contribution in [0.1, 0.15) is 19.4 Å². The summed E-state index contributed by atoms with van der Waals surface area (Å²) in [7, 11) is 0. The molecule has 1 N–H and O–H groups in total. The number of halogens is 1. The summed E-state index contributed by atoms with van der Waals surface area (Å²) in [6, 6.07) is 7.61. The Labute approximate surface area is 174 Å². The number of nitrogens with one attached hydrogen (secondary N) is 1. The number of nitrogens with zero attached hydrogens (tertiary/aromatic N) is 2. The molecule has 0 atom stereocenters. The lowest BCUT2D eigenvalue weighted by Crippen LogP contribution is -2.25. The minimum Gasteiger partial charge on any atom is -0.324 e. The normalized spacial score (nSPS) is 11.3. The van der Waals surface area contributed by atoms with Crippen molar-refractivity contribution in [3.8, 4) is 0 Å². The first kappa shape index (κ1) is 20.1. The van der Waals surface area contributed by atoms with Gasteiger partial charge in [0.1, 0.15) is 4.70 Å². The Morgan fingerprint density at radius 1 is 1.37 bits per heavy atom. The van der Waals surface area contributed by atoms with Gasteiger partial charge in [-0.15, -0.1) is 11.3 Å². The molecule has 27 heavy (non-hydrogen) atoms. The molecule has 5 nitrogen and oxygen atoms in total. The molecule has 0 aliphatic heterocycles. The SMILES string of the molecule is Cc1ccc(NC(=O)CSc2nc3ccsc3c(=O)n2CC(C)C)c(Br)c1. The summed E-state index contributed by atoms with van der Waals surface area (Å²) in [4.78, 5) is 29.8. The lowest BCUT2D eigenvalue weighted by atomic mass is 10.2. The Morgan fingerprint density at radius 3 is 2.85 bits per heavy atom. The van der Waals surface area contributed by atoms with E-state index in [9.17, 15) is 9.59 Å². The smallest absolute Gasteiger partial charge is 0.272 e. The van der Waals surface area contributed by atoms with Crippen LogP contribution in [0.3, 0.4) is 0 Å². The number of thioether (sulfide) groups is 1. The highest BCUT2D eigenvalue weighted by molar-refractivity contribution is 9.10. The van der Waals surface area contributed by atoms with E-state index >= 15 is 0 Å². The van der Waals surface area contributed by atoms with Crippen LogP contribution in [0.25, 0.3) is 10.2 Å². The summed E-state index contributed by atoms with van der Waals surface area (Å²) in [5.41, 5.74) is 2.49. The second-order valence-corrected chi connectivity index (χ2v) is 9.37. The number of aryl methyl sites for hydroxylation is 1. The van der Waals surface area contributed by atoms with Gasteiger partial charge in [0.25, 0.3) is 5.56 Å². The summed E-state index contributed by atoms with van der Waals surface area (Å²) >= 11 is 6.15. The highest BCUT2D eigenvalue weighted by Crippen LogP contribution is 2.25. The second-order valence-electron chi connectivity index (χ2n) is 6.66. The lowest BCUT2D eigenvalue weighted by Gasteiger charge is -2.14. The molecule has 0 bridgehead atoms. The van der Waals surface area contributed by atoms with E-state index in [0.29, 0.717) is 27.8 Å². The van der Waals surface area contributed by atoms with Gasteiger partial charge in [-0.2, -0.15) is 0 Å². The number of aromatic nitrogens is 2. The average Bonchev–Trinajstić information content (AvgIpc) is 3.07. The van der Waals surface area contributed by atoms with Crippen LogP contribution >= 0.6 is 39.0 Å². The molecule has 0 radical (unpaired) electrons. The van der Waals surface area contributed by atoms with Gasteiger partial charge in [0, 0.05) is 11.0 Å². The molecule has 0 aliphatic carbocycles. The van der Waals surface area contributed by atoms with Gasteiger partial charge in [0.15, 0.2) is 5.16 Å². The summed E-state index contributed by atoms with van der Waals surface area (Å²) in [6.07, 6.45) is 0. The van der Waals surface area contributed by atoms with E-state index in [1.54, 1.807) is 4.57 Å². The van der Waals surface area contributed by atoms with Gasteiger partial charge in [0.2, 0.25) is 5.91 Å². The fourth-order valence-corrected chi connectivity index (χ4v) is 4.78. The van der Waals surface area contributed by atoms with Gasteiger partial charge < -0.3 is 5.32 Å². The van der Waals surface area contributed by atoms with E-state index < -0.39 is 0 Å². The number of carbonyl (C=O) groups excluding carboxylic acids is 1. The predicted molar refractivity (Wildman–Crippen MR) is 117 cm³/mol. The highest BCUT2D eigenvalue weighted by atomic mass is 79.9. The van der Waals surface area contributed by atoms with Crippen LogP contribution in [0.4, 0.5) is 5.69 Å². The number of rotatable bonds is 6. The van der Waals surface area contributed by atoms with E-state index in [0.717, 1.165) is 15.7 Å². The summed E-state index contributed by atoms with van der Waals surface area (Å²) < 4.78 is 3.19. The number of fused-ring (bicyclic) bond motifs is 1. The van der Waals surface area contributed by atoms with E-state index in [2.05, 4.69) is 40.1 Å². The van der Waals surface area contributed by atoms with Crippen LogP contribution in [0.5, 0.6) is 0 Å². The van der Waals surface area contributed by atoms with Crippen molar-refractivity contribution in [1.82, 2.24) is 9.55 Å². The van der Waals surface area contributed by atoms with Crippen molar-refractivity contribution < 1.29 is 4.79 Å². The third-order valence-electron chi connectivity index (χ3n) is 3.81. The molecule has 3 rings (SSSR count). The molecule has 0 spiro atoms. The third-order valence-corrected chi connectivity index (χ3v) is 6.33. The summed E-state index contributed by atoms with van der Waals surface area (Å²) in [5.74, 6) is 0.347. The first-order valence-electron chi connectivity index (χ1n) is 8.52. The zero-order chi connectivity index (χ0) is 19.6. The molecule has 2 heterocycles. The van der Waals surface area contributed by atoms with Crippen molar-refractivity contribution in [2.45, 2.75) is 32.5 Å². The fraction of sp³-hybridized carbons (Fsp3) is 0.316. The van der Waals surface area contributed by atoms with Gasteiger partial charge in [-0.3, -0.25) is 14.2 Å². The zero-order valence-corrected chi connectivity index (χ0v) is 18.5. The van der Waals surface area contributed by atoms with Crippen LogP contribution in [0.15, 0.2) is 44.1 Å². The number of benzene rings is 1. The quantitative estimate of drug-likeness (QED) is 0.414. The maximum Gasteiger partial charge on any atom is 0.272 e. The minimum absolute atomic E-state index is 0.0344. The largest absolute Gasteiger partial charge is 0.324 e. The maximum atomic E-state index is 12.8. The Kier molecular flexibility index (Phi) is 6.39. The van der Waals surface area contributed by atoms with Crippen molar-refractivity contribution in [2.75, 3.05) is 11.1 Å². The monoisotopic (exact) mass is 465 g/mol. The number of thiophene rings is 1. The van der Waals surface area contributed by atoms with Crippen LogP contribution in [-0.2, 0) is 11.3 Å². The van der Waals surface area contributed by atoms with Gasteiger partial charge in [-0.25, -0.2) is 4.98 Å². The maximum absolute atomic E-state index is 12.8. The molecular formula is C19H20BrN3O2S2. The molecule has 8 heteroatoms. The van der Waals surface area contributed by atoms with Crippen molar-refractivity contribution >= 4 is 60.8 Å². The van der Waals surface area contributed by atoms with Gasteiger partial charge in [-0.1, -0.05) is 31.7 Å². The molecule has 0 aliphatic rings. The third kappa shape index (κ3) is 4.80. The van der Waals surface area contributed by atoms with Gasteiger partial charge in [0.05, 0.1) is 17.0 Å².